The minimum Gasteiger partial charge on any atom is -0.399 e. The van der Waals surface area contributed by atoms with Crippen LogP contribution >= 0.6 is 0 Å². The number of ether oxygens (including phenoxy) is 1. The van der Waals surface area contributed by atoms with E-state index in [2.05, 4.69) is 5.32 Å². The van der Waals surface area contributed by atoms with Crippen molar-refractivity contribution in [1.82, 2.24) is 5.32 Å². The molecule has 4 heteroatoms. The fraction of sp³-hybridized carbons (Fsp3) is 0.462. The molecule has 4 nitrogen and oxygen atoms in total. The number of nitrogens with one attached hydrogen (secondary N) is 1. The van der Waals surface area contributed by atoms with E-state index in [0.717, 1.165) is 5.56 Å². The molecule has 0 saturated carbocycles. The Morgan fingerprint density at radius 2 is 2.24 bits per heavy atom. The van der Waals surface area contributed by atoms with Crippen molar-refractivity contribution in [2.75, 3.05) is 18.9 Å². The lowest BCUT2D eigenvalue weighted by atomic mass is 10.1. The number of carbonyl (C=O) groups is 1. The highest BCUT2D eigenvalue weighted by Crippen LogP contribution is 2.06. The largest absolute Gasteiger partial charge is 0.399 e. The van der Waals surface area contributed by atoms with E-state index in [0.29, 0.717) is 25.3 Å². The number of rotatable bonds is 6. The molecule has 1 amide bonds. The molecule has 3 N–H and O–H groups in total. The van der Waals surface area contributed by atoms with E-state index in [1.807, 2.05) is 32.0 Å². The lowest BCUT2D eigenvalue weighted by Crippen LogP contribution is -2.29. The normalized spacial score (nSPS) is 10.5. The lowest BCUT2D eigenvalue weighted by molar-refractivity contribution is -0.120. The van der Waals surface area contributed by atoms with Crippen molar-refractivity contribution in [1.29, 1.82) is 0 Å². The Labute approximate surface area is 102 Å². The third-order valence-corrected chi connectivity index (χ3v) is 2.19. The zero-order chi connectivity index (χ0) is 12.7. The highest BCUT2D eigenvalue weighted by molar-refractivity contribution is 5.78. The molecule has 1 rings (SSSR count). The molecule has 0 radical (unpaired) electrons. The Balaban J connectivity index is 2.25. The van der Waals surface area contributed by atoms with Gasteiger partial charge in [-0.05, 0) is 31.5 Å². The first-order valence-electron chi connectivity index (χ1n) is 5.80. The summed E-state index contributed by atoms with van der Waals surface area (Å²) in [5.41, 5.74) is 7.24. The summed E-state index contributed by atoms with van der Waals surface area (Å²) in [4.78, 5) is 11.6. The zero-order valence-corrected chi connectivity index (χ0v) is 10.4. The van der Waals surface area contributed by atoms with Crippen molar-refractivity contribution in [2.45, 2.75) is 26.4 Å². The number of amides is 1. The summed E-state index contributed by atoms with van der Waals surface area (Å²) in [6, 6.07) is 7.35. The van der Waals surface area contributed by atoms with E-state index in [4.69, 9.17) is 10.5 Å². The molecule has 1 aromatic carbocycles. The maximum absolute atomic E-state index is 11.6. The molecule has 0 bridgehead atoms. The number of nitrogen functional groups attached to an aromatic ring is 1. The molecule has 0 fully saturated rings. The van der Waals surface area contributed by atoms with Crippen molar-refractivity contribution in [3.05, 3.63) is 29.8 Å². The third kappa shape index (κ3) is 5.92. The van der Waals surface area contributed by atoms with Gasteiger partial charge in [-0.2, -0.15) is 0 Å². The van der Waals surface area contributed by atoms with Gasteiger partial charge in [-0.1, -0.05) is 12.1 Å². The number of hydrogen-bond donors (Lipinski definition) is 2. The van der Waals surface area contributed by atoms with Gasteiger partial charge in [-0.15, -0.1) is 0 Å². The number of benzene rings is 1. The van der Waals surface area contributed by atoms with E-state index in [-0.39, 0.29) is 12.0 Å². The molecule has 0 unspecified atom stereocenters. The Kier molecular flexibility index (Phi) is 5.49. The predicted molar refractivity (Wildman–Crippen MR) is 68.7 cm³/mol. The molecular weight excluding hydrogens is 216 g/mol. The van der Waals surface area contributed by atoms with Gasteiger partial charge < -0.3 is 15.8 Å². The van der Waals surface area contributed by atoms with Crippen LogP contribution in [0, 0.1) is 0 Å². The topological polar surface area (TPSA) is 64.3 Å². The van der Waals surface area contributed by atoms with Crippen LogP contribution in [0.5, 0.6) is 0 Å². The molecule has 0 atom stereocenters. The average Bonchev–Trinajstić information content (AvgIpc) is 2.24. The Bertz CT molecular complexity index is 364. The monoisotopic (exact) mass is 236 g/mol. The maximum Gasteiger partial charge on any atom is 0.224 e. The van der Waals surface area contributed by atoms with E-state index in [1.165, 1.54) is 0 Å². The number of carbonyl (C=O) groups excluding carboxylic acids is 1. The second-order valence-electron chi connectivity index (χ2n) is 4.19. The molecule has 0 saturated heterocycles. The first-order chi connectivity index (χ1) is 8.08. The van der Waals surface area contributed by atoms with Crippen LogP contribution in [0.1, 0.15) is 19.4 Å². The van der Waals surface area contributed by atoms with Crippen molar-refractivity contribution < 1.29 is 9.53 Å². The van der Waals surface area contributed by atoms with Crippen LogP contribution in [0.15, 0.2) is 24.3 Å². The fourth-order valence-corrected chi connectivity index (χ4v) is 1.44. The van der Waals surface area contributed by atoms with Crippen molar-refractivity contribution in [3.63, 3.8) is 0 Å². The van der Waals surface area contributed by atoms with E-state index >= 15 is 0 Å². The summed E-state index contributed by atoms with van der Waals surface area (Å²) >= 11 is 0. The Hall–Kier alpha value is -1.55. The zero-order valence-electron chi connectivity index (χ0n) is 10.4. The van der Waals surface area contributed by atoms with Crippen molar-refractivity contribution in [3.8, 4) is 0 Å². The van der Waals surface area contributed by atoms with Gasteiger partial charge in [0.2, 0.25) is 5.91 Å². The molecule has 0 aliphatic heterocycles. The van der Waals surface area contributed by atoms with E-state index in [1.54, 1.807) is 6.07 Å². The molecule has 0 aromatic heterocycles. The van der Waals surface area contributed by atoms with Gasteiger partial charge in [0, 0.05) is 12.2 Å². The highest BCUT2D eigenvalue weighted by atomic mass is 16.5. The van der Waals surface area contributed by atoms with E-state index < -0.39 is 0 Å². The maximum atomic E-state index is 11.6. The highest BCUT2D eigenvalue weighted by Gasteiger charge is 2.03. The summed E-state index contributed by atoms with van der Waals surface area (Å²) in [6.07, 6.45) is 0.549. The Morgan fingerprint density at radius 1 is 1.47 bits per heavy atom. The Morgan fingerprint density at radius 3 is 2.88 bits per heavy atom. The quantitative estimate of drug-likeness (QED) is 0.579. The van der Waals surface area contributed by atoms with Gasteiger partial charge >= 0.3 is 0 Å². The summed E-state index contributed by atoms with van der Waals surface area (Å²) in [6.45, 7) is 5.02. The number of hydrogen-bond acceptors (Lipinski definition) is 3. The predicted octanol–water partition coefficient (Wildman–Crippen LogP) is 1.35. The van der Waals surface area contributed by atoms with Crippen LogP contribution in [0.4, 0.5) is 5.69 Å². The molecule has 94 valence electrons. The number of anilines is 1. The summed E-state index contributed by atoms with van der Waals surface area (Å²) in [5.74, 6) is -0.0112. The first-order valence-corrected chi connectivity index (χ1v) is 5.80. The van der Waals surface area contributed by atoms with Crippen LogP contribution in [-0.2, 0) is 16.0 Å². The molecule has 0 aliphatic carbocycles. The summed E-state index contributed by atoms with van der Waals surface area (Å²) in [5, 5.41) is 2.80. The van der Waals surface area contributed by atoms with Gasteiger partial charge in [0.15, 0.2) is 0 Å². The van der Waals surface area contributed by atoms with Gasteiger partial charge in [0.25, 0.3) is 0 Å². The average molecular weight is 236 g/mol. The van der Waals surface area contributed by atoms with Crippen LogP contribution in [0.25, 0.3) is 0 Å². The van der Waals surface area contributed by atoms with Crippen LogP contribution < -0.4 is 11.1 Å². The SMILES string of the molecule is CC(C)OCCNC(=O)Cc1cccc(N)c1. The number of nitrogens with two attached hydrogens (primary N) is 1. The second-order valence-corrected chi connectivity index (χ2v) is 4.19. The minimum absolute atomic E-state index is 0.0112. The standard InChI is InChI=1S/C13H20N2O2/c1-10(2)17-7-6-15-13(16)9-11-4-3-5-12(14)8-11/h3-5,8,10H,6-7,9,14H2,1-2H3,(H,15,16). The van der Waals surface area contributed by atoms with Crippen LogP contribution in [-0.4, -0.2) is 25.2 Å². The summed E-state index contributed by atoms with van der Waals surface area (Å²) < 4.78 is 5.33. The van der Waals surface area contributed by atoms with Crippen molar-refractivity contribution in [2.24, 2.45) is 0 Å². The van der Waals surface area contributed by atoms with Gasteiger partial charge in [0.05, 0.1) is 19.1 Å². The summed E-state index contributed by atoms with van der Waals surface area (Å²) in [7, 11) is 0. The first kappa shape index (κ1) is 13.5. The van der Waals surface area contributed by atoms with Crippen LogP contribution in [0.3, 0.4) is 0 Å². The van der Waals surface area contributed by atoms with E-state index in [9.17, 15) is 4.79 Å². The van der Waals surface area contributed by atoms with Gasteiger partial charge in [0.1, 0.15) is 0 Å². The minimum atomic E-state index is -0.0112. The third-order valence-electron chi connectivity index (χ3n) is 2.19. The van der Waals surface area contributed by atoms with Crippen molar-refractivity contribution >= 4 is 11.6 Å². The van der Waals surface area contributed by atoms with Gasteiger partial charge in [-0.25, -0.2) is 0 Å². The molecule has 17 heavy (non-hydrogen) atoms. The molecule has 0 spiro atoms. The molecule has 0 aliphatic rings. The molecule has 1 aromatic rings. The van der Waals surface area contributed by atoms with Gasteiger partial charge in [-0.3, -0.25) is 4.79 Å². The fourth-order valence-electron chi connectivity index (χ4n) is 1.44. The lowest BCUT2D eigenvalue weighted by Gasteiger charge is -2.08. The molecular formula is C13H20N2O2. The van der Waals surface area contributed by atoms with Crippen LogP contribution in [0.2, 0.25) is 0 Å². The molecule has 0 heterocycles. The second kappa shape index (κ2) is 6.91. The smallest absolute Gasteiger partial charge is 0.224 e.